The summed E-state index contributed by atoms with van der Waals surface area (Å²) in [6.45, 7) is 4.13. The van der Waals surface area contributed by atoms with Crippen LogP contribution >= 0.6 is 27.7 Å². The maximum atomic E-state index is 12.6. The summed E-state index contributed by atoms with van der Waals surface area (Å²) in [6, 6.07) is 15.5. The van der Waals surface area contributed by atoms with Crippen LogP contribution in [0.15, 0.2) is 58.2 Å². The lowest BCUT2D eigenvalue weighted by atomic mass is 10.2. The molecule has 156 valence electrons. The first kappa shape index (κ1) is 22.2. The molecule has 0 saturated carbocycles. The van der Waals surface area contributed by atoms with E-state index in [4.69, 9.17) is 0 Å². The van der Waals surface area contributed by atoms with Crippen molar-refractivity contribution < 1.29 is 9.59 Å². The smallest absolute Gasteiger partial charge is 0.216 e. The molecule has 30 heavy (non-hydrogen) atoms. The molecule has 0 fully saturated rings. The van der Waals surface area contributed by atoms with Crippen LogP contribution in [0.1, 0.15) is 35.1 Å². The highest BCUT2D eigenvalue weighted by molar-refractivity contribution is 9.10. The first-order valence-electron chi connectivity index (χ1n) is 9.61. The second kappa shape index (κ2) is 10.5. The van der Waals surface area contributed by atoms with Crippen molar-refractivity contribution in [2.24, 2.45) is 0 Å². The van der Waals surface area contributed by atoms with Gasteiger partial charge >= 0.3 is 0 Å². The zero-order valence-electron chi connectivity index (χ0n) is 16.9. The van der Waals surface area contributed by atoms with E-state index in [0.29, 0.717) is 23.7 Å². The molecule has 0 unspecified atom stereocenters. The van der Waals surface area contributed by atoms with E-state index in [9.17, 15) is 9.59 Å². The van der Waals surface area contributed by atoms with Gasteiger partial charge in [-0.3, -0.25) is 14.2 Å². The predicted molar refractivity (Wildman–Crippen MR) is 122 cm³/mol. The van der Waals surface area contributed by atoms with Crippen molar-refractivity contribution in [2.75, 3.05) is 12.3 Å². The number of aryl methyl sites for hydroxylation is 2. The minimum atomic E-state index is -0.0438. The largest absolute Gasteiger partial charge is 0.356 e. The molecule has 0 bridgehead atoms. The number of halogens is 1. The fourth-order valence-electron chi connectivity index (χ4n) is 2.87. The van der Waals surface area contributed by atoms with E-state index in [1.54, 1.807) is 0 Å². The van der Waals surface area contributed by atoms with Crippen molar-refractivity contribution in [3.63, 3.8) is 0 Å². The Morgan fingerprint density at radius 1 is 1.07 bits per heavy atom. The molecule has 0 atom stereocenters. The summed E-state index contributed by atoms with van der Waals surface area (Å²) >= 11 is 4.76. The molecule has 3 aromatic rings. The first-order chi connectivity index (χ1) is 14.4. The molecular formula is C22H23BrN4O2S. The standard InChI is InChI=1S/C22H23BrN4O2S/c1-15-5-11-19(12-6-15)27-21(4-3-13-24-16(2)28)25-26-22(27)30-14-20(29)17-7-9-18(23)10-8-17/h5-12H,3-4,13-14H2,1-2H3,(H,24,28). The normalized spacial score (nSPS) is 10.8. The average molecular weight is 487 g/mol. The van der Waals surface area contributed by atoms with E-state index in [2.05, 4.69) is 31.4 Å². The predicted octanol–water partition coefficient (Wildman–Crippen LogP) is 4.38. The molecule has 0 aliphatic carbocycles. The molecule has 3 rings (SSSR count). The second-order valence-electron chi connectivity index (χ2n) is 6.88. The molecule has 2 aromatic carbocycles. The number of amides is 1. The molecule has 8 heteroatoms. The van der Waals surface area contributed by atoms with Gasteiger partial charge in [0, 0.05) is 35.6 Å². The van der Waals surface area contributed by atoms with Crippen molar-refractivity contribution >= 4 is 39.4 Å². The SMILES string of the molecule is CC(=O)NCCCc1nnc(SCC(=O)c2ccc(Br)cc2)n1-c1ccc(C)cc1. The van der Waals surface area contributed by atoms with Crippen LogP contribution in [0.4, 0.5) is 0 Å². The number of thioether (sulfide) groups is 1. The minimum Gasteiger partial charge on any atom is -0.356 e. The number of rotatable bonds is 9. The first-order valence-corrected chi connectivity index (χ1v) is 11.4. The van der Waals surface area contributed by atoms with E-state index < -0.39 is 0 Å². The Morgan fingerprint density at radius 3 is 2.43 bits per heavy atom. The summed E-state index contributed by atoms with van der Waals surface area (Å²) < 4.78 is 2.93. The number of carbonyl (C=O) groups excluding carboxylic acids is 2. The number of nitrogens with one attached hydrogen (secondary N) is 1. The van der Waals surface area contributed by atoms with Crippen molar-refractivity contribution in [1.29, 1.82) is 0 Å². The van der Waals surface area contributed by atoms with Gasteiger partial charge in [0.2, 0.25) is 5.91 Å². The molecular weight excluding hydrogens is 464 g/mol. The third-order valence-corrected chi connectivity index (χ3v) is 5.90. The summed E-state index contributed by atoms with van der Waals surface area (Å²) in [5, 5.41) is 12.2. The monoisotopic (exact) mass is 486 g/mol. The van der Waals surface area contributed by atoms with Crippen LogP contribution in [0.25, 0.3) is 5.69 Å². The van der Waals surface area contributed by atoms with Crippen LogP contribution in [-0.4, -0.2) is 38.8 Å². The number of carbonyl (C=O) groups is 2. The van der Waals surface area contributed by atoms with E-state index in [-0.39, 0.29) is 17.4 Å². The van der Waals surface area contributed by atoms with Crippen LogP contribution in [0.2, 0.25) is 0 Å². The van der Waals surface area contributed by atoms with Crippen LogP contribution < -0.4 is 5.32 Å². The molecule has 1 N–H and O–H groups in total. The quantitative estimate of drug-likeness (QED) is 0.275. The Hall–Kier alpha value is -2.45. The van der Waals surface area contributed by atoms with E-state index >= 15 is 0 Å². The number of benzene rings is 2. The minimum absolute atomic E-state index is 0.0400. The zero-order valence-corrected chi connectivity index (χ0v) is 19.3. The Labute approximate surface area is 188 Å². The zero-order chi connectivity index (χ0) is 21.5. The van der Waals surface area contributed by atoms with E-state index in [1.807, 2.05) is 60.0 Å². The fourth-order valence-corrected chi connectivity index (χ4v) is 4.00. The van der Waals surface area contributed by atoms with E-state index in [1.165, 1.54) is 24.2 Å². The Kier molecular flexibility index (Phi) is 7.81. The van der Waals surface area contributed by atoms with Gasteiger partial charge in [0.05, 0.1) is 5.75 Å². The highest BCUT2D eigenvalue weighted by Crippen LogP contribution is 2.24. The summed E-state index contributed by atoms with van der Waals surface area (Å²) in [6.07, 6.45) is 1.43. The second-order valence-corrected chi connectivity index (χ2v) is 8.73. The summed E-state index contributed by atoms with van der Waals surface area (Å²) in [4.78, 5) is 23.7. The highest BCUT2D eigenvalue weighted by atomic mass is 79.9. The molecule has 0 saturated heterocycles. The number of nitrogens with zero attached hydrogens (tertiary/aromatic N) is 3. The van der Waals surface area contributed by atoms with Gasteiger partial charge in [0.1, 0.15) is 5.82 Å². The number of ketones is 1. The van der Waals surface area contributed by atoms with Crippen LogP contribution in [0.5, 0.6) is 0 Å². The van der Waals surface area contributed by atoms with Gasteiger partial charge in [-0.25, -0.2) is 0 Å². The van der Waals surface area contributed by atoms with Crippen LogP contribution in [0, 0.1) is 6.92 Å². The topological polar surface area (TPSA) is 76.9 Å². The molecule has 1 amide bonds. The van der Waals surface area contributed by atoms with Gasteiger partial charge in [0.25, 0.3) is 0 Å². The maximum absolute atomic E-state index is 12.6. The number of hydrogen-bond donors (Lipinski definition) is 1. The lowest BCUT2D eigenvalue weighted by Crippen LogP contribution is -2.21. The number of hydrogen-bond acceptors (Lipinski definition) is 5. The summed E-state index contributed by atoms with van der Waals surface area (Å²) in [5.74, 6) is 1.08. The van der Waals surface area contributed by atoms with Crippen molar-refractivity contribution in [3.8, 4) is 5.69 Å². The lowest BCUT2D eigenvalue weighted by molar-refractivity contribution is -0.118. The van der Waals surface area contributed by atoms with E-state index in [0.717, 1.165) is 22.4 Å². The van der Waals surface area contributed by atoms with Gasteiger partial charge in [0.15, 0.2) is 10.9 Å². The summed E-state index contributed by atoms with van der Waals surface area (Å²) in [5.41, 5.74) is 2.79. The third kappa shape index (κ3) is 6.03. The van der Waals surface area contributed by atoms with Crippen molar-refractivity contribution in [2.45, 2.75) is 31.8 Å². The Bertz CT molecular complexity index is 1020. The van der Waals surface area contributed by atoms with Crippen LogP contribution in [-0.2, 0) is 11.2 Å². The van der Waals surface area contributed by atoms with Crippen molar-refractivity contribution in [3.05, 3.63) is 70.0 Å². The molecule has 1 heterocycles. The number of aromatic nitrogens is 3. The van der Waals surface area contributed by atoms with Gasteiger partial charge in [-0.2, -0.15) is 0 Å². The maximum Gasteiger partial charge on any atom is 0.216 e. The third-order valence-electron chi connectivity index (χ3n) is 4.44. The summed E-state index contributed by atoms with van der Waals surface area (Å²) in [7, 11) is 0. The molecule has 0 aliphatic rings. The lowest BCUT2D eigenvalue weighted by Gasteiger charge is -2.11. The molecule has 1 aromatic heterocycles. The van der Waals surface area contributed by atoms with Gasteiger partial charge in [-0.1, -0.05) is 57.5 Å². The molecule has 0 radical (unpaired) electrons. The Balaban J connectivity index is 1.77. The average Bonchev–Trinajstić information content (AvgIpc) is 3.13. The molecule has 0 spiro atoms. The van der Waals surface area contributed by atoms with Gasteiger partial charge < -0.3 is 5.32 Å². The van der Waals surface area contributed by atoms with Crippen molar-refractivity contribution in [1.82, 2.24) is 20.1 Å². The Morgan fingerprint density at radius 2 is 1.77 bits per heavy atom. The molecule has 0 aliphatic heterocycles. The van der Waals surface area contributed by atoms with Crippen LogP contribution in [0.3, 0.4) is 0 Å². The number of Topliss-reactive ketones (excluding diaryl/α,β-unsaturated/α-hetero) is 1. The molecule has 6 nitrogen and oxygen atoms in total. The fraction of sp³-hybridized carbons (Fsp3) is 0.273. The highest BCUT2D eigenvalue weighted by Gasteiger charge is 2.16. The van der Waals surface area contributed by atoms with Gasteiger partial charge in [-0.05, 0) is 37.6 Å². The van der Waals surface area contributed by atoms with Gasteiger partial charge in [-0.15, -0.1) is 10.2 Å².